The van der Waals surface area contributed by atoms with Gasteiger partial charge in [0.05, 0.1) is 5.69 Å². The van der Waals surface area contributed by atoms with Gasteiger partial charge < -0.3 is 19.9 Å². The lowest BCUT2D eigenvalue weighted by atomic mass is 10.1. The summed E-state index contributed by atoms with van der Waals surface area (Å²) < 4.78 is 5.33. The van der Waals surface area contributed by atoms with Crippen LogP contribution >= 0.6 is 23.2 Å². The predicted molar refractivity (Wildman–Crippen MR) is 105 cm³/mol. The second-order valence-corrected chi connectivity index (χ2v) is 7.33. The molecule has 1 saturated heterocycles. The Labute approximate surface area is 166 Å². The molecule has 1 N–H and O–H groups in total. The maximum Gasteiger partial charge on any atom is 0.262 e. The van der Waals surface area contributed by atoms with Crippen LogP contribution in [0.25, 0.3) is 0 Å². The normalized spacial score (nSPS) is 16.4. The van der Waals surface area contributed by atoms with Gasteiger partial charge in [0.15, 0.2) is 6.61 Å². The average Bonchev–Trinajstić information content (AvgIpc) is 2.66. The molecule has 1 fully saturated rings. The molecule has 0 saturated carbocycles. The van der Waals surface area contributed by atoms with Gasteiger partial charge in [0, 0.05) is 47.5 Å². The van der Waals surface area contributed by atoms with E-state index in [9.17, 15) is 9.59 Å². The second kappa shape index (κ2) is 7.29. The highest BCUT2D eigenvalue weighted by molar-refractivity contribution is 6.35. The Morgan fingerprint density at radius 2 is 1.70 bits per heavy atom. The Bertz CT molecular complexity index is 891. The molecule has 140 valence electrons. The van der Waals surface area contributed by atoms with E-state index < -0.39 is 0 Å². The van der Waals surface area contributed by atoms with Crippen LogP contribution in [0, 0.1) is 0 Å². The Morgan fingerprint density at radius 1 is 1.00 bits per heavy atom. The van der Waals surface area contributed by atoms with E-state index in [1.807, 2.05) is 12.1 Å². The second-order valence-electron chi connectivity index (χ2n) is 6.45. The highest BCUT2D eigenvalue weighted by atomic mass is 35.5. The molecule has 0 unspecified atom stereocenters. The molecule has 27 heavy (non-hydrogen) atoms. The summed E-state index contributed by atoms with van der Waals surface area (Å²) in [6, 6.07) is 10.5. The van der Waals surface area contributed by atoms with Crippen molar-refractivity contribution in [2.45, 2.75) is 0 Å². The van der Waals surface area contributed by atoms with Gasteiger partial charge >= 0.3 is 0 Å². The summed E-state index contributed by atoms with van der Waals surface area (Å²) in [6.45, 7) is 2.54. The monoisotopic (exact) mass is 405 g/mol. The van der Waals surface area contributed by atoms with Crippen LogP contribution in [0.2, 0.25) is 10.0 Å². The summed E-state index contributed by atoms with van der Waals surface area (Å²) in [6.07, 6.45) is 0. The molecule has 0 atom stereocenters. The van der Waals surface area contributed by atoms with Crippen molar-refractivity contribution in [3.05, 3.63) is 52.0 Å². The first-order chi connectivity index (χ1) is 13.0. The van der Waals surface area contributed by atoms with Gasteiger partial charge in [0.1, 0.15) is 5.75 Å². The van der Waals surface area contributed by atoms with Crippen molar-refractivity contribution in [2.75, 3.05) is 43.0 Å². The zero-order chi connectivity index (χ0) is 19.0. The minimum absolute atomic E-state index is 0.00419. The maximum absolute atomic E-state index is 12.8. The van der Waals surface area contributed by atoms with E-state index in [4.69, 9.17) is 27.9 Å². The number of hydrogen-bond donors (Lipinski definition) is 1. The third kappa shape index (κ3) is 3.82. The van der Waals surface area contributed by atoms with Gasteiger partial charge in [-0.05, 0) is 36.4 Å². The van der Waals surface area contributed by atoms with E-state index in [1.54, 1.807) is 29.2 Å². The quantitative estimate of drug-likeness (QED) is 0.832. The third-order valence-electron chi connectivity index (χ3n) is 4.64. The van der Waals surface area contributed by atoms with E-state index in [0.717, 1.165) is 5.69 Å². The summed E-state index contributed by atoms with van der Waals surface area (Å²) in [4.78, 5) is 28.3. The zero-order valence-electron chi connectivity index (χ0n) is 14.4. The Hall–Kier alpha value is -2.44. The molecule has 2 aromatic carbocycles. The molecule has 2 aromatic rings. The van der Waals surface area contributed by atoms with Crippen molar-refractivity contribution in [2.24, 2.45) is 0 Å². The molecule has 0 spiro atoms. The highest BCUT2D eigenvalue weighted by Gasteiger charge is 2.24. The average molecular weight is 406 g/mol. The summed E-state index contributed by atoms with van der Waals surface area (Å²) in [5.74, 6) is 0.288. The van der Waals surface area contributed by atoms with Crippen LogP contribution < -0.4 is 15.0 Å². The minimum atomic E-state index is -0.221. The summed E-state index contributed by atoms with van der Waals surface area (Å²) in [7, 11) is 0. The van der Waals surface area contributed by atoms with E-state index in [2.05, 4.69) is 10.2 Å². The van der Waals surface area contributed by atoms with Crippen molar-refractivity contribution in [1.29, 1.82) is 0 Å². The number of fused-ring (bicyclic) bond motifs is 1. The standard InChI is InChI=1S/C19H17Cl2N3O3/c20-13-8-14(21)10-15(9-13)23-3-5-24(6-4-23)19(26)12-1-2-17-16(7-12)22-18(25)11-27-17/h1-2,7-10H,3-6,11H2,(H,22,25). The number of benzene rings is 2. The van der Waals surface area contributed by atoms with Crippen molar-refractivity contribution in [3.8, 4) is 5.75 Å². The molecule has 2 aliphatic rings. The number of nitrogens with zero attached hydrogens (tertiary/aromatic N) is 2. The number of ether oxygens (including phenoxy) is 1. The van der Waals surface area contributed by atoms with Crippen LogP contribution in [-0.4, -0.2) is 49.5 Å². The van der Waals surface area contributed by atoms with Gasteiger partial charge in [-0.3, -0.25) is 9.59 Å². The first kappa shape index (κ1) is 17.9. The Balaban J connectivity index is 1.44. The number of hydrogen-bond acceptors (Lipinski definition) is 4. The smallest absolute Gasteiger partial charge is 0.262 e. The largest absolute Gasteiger partial charge is 0.482 e. The van der Waals surface area contributed by atoms with Gasteiger partial charge in [-0.1, -0.05) is 23.2 Å². The Morgan fingerprint density at radius 3 is 2.41 bits per heavy atom. The van der Waals surface area contributed by atoms with Gasteiger partial charge in [0.25, 0.3) is 11.8 Å². The molecule has 2 aliphatic heterocycles. The van der Waals surface area contributed by atoms with E-state index >= 15 is 0 Å². The first-order valence-electron chi connectivity index (χ1n) is 8.56. The van der Waals surface area contributed by atoms with Crippen LogP contribution in [0.5, 0.6) is 5.75 Å². The number of halogens is 2. The number of nitrogens with one attached hydrogen (secondary N) is 1. The third-order valence-corrected chi connectivity index (χ3v) is 5.08. The SMILES string of the molecule is O=C1COc2ccc(C(=O)N3CCN(c4cc(Cl)cc(Cl)c4)CC3)cc2N1. The number of carbonyl (C=O) groups is 2. The van der Waals surface area contributed by atoms with Crippen molar-refractivity contribution < 1.29 is 14.3 Å². The fourth-order valence-electron chi connectivity index (χ4n) is 3.29. The van der Waals surface area contributed by atoms with E-state index in [-0.39, 0.29) is 18.4 Å². The topological polar surface area (TPSA) is 61.9 Å². The van der Waals surface area contributed by atoms with Crippen molar-refractivity contribution >= 4 is 46.4 Å². The number of rotatable bonds is 2. The fourth-order valence-corrected chi connectivity index (χ4v) is 3.80. The van der Waals surface area contributed by atoms with E-state index in [0.29, 0.717) is 53.2 Å². The van der Waals surface area contributed by atoms with E-state index in [1.165, 1.54) is 0 Å². The molecule has 2 amide bonds. The molecule has 6 nitrogen and oxygen atoms in total. The highest BCUT2D eigenvalue weighted by Crippen LogP contribution is 2.30. The van der Waals surface area contributed by atoms with Crippen molar-refractivity contribution in [1.82, 2.24) is 4.90 Å². The lowest BCUT2D eigenvalue weighted by Crippen LogP contribution is -2.48. The van der Waals surface area contributed by atoms with Crippen LogP contribution in [0.4, 0.5) is 11.4 Å². The lowest BCUT2D eigenvalue weighted by molar-refractivity contribution is -0.118. The molecular weight excluding hydrogens is 389 g/mol. The number of anilines is 2. The molecule has 0 aliphatic carbocycles. The number of piperazine rings is 1. The summed E-state index contributed by atoms with van der Waals surface area (Å²) in [5, 5.41) is 3.91. The molecule has 4 rings (SSSR count). The lowest BCUT2D eigenvalue weighted by Gasteiger charge is -2.36. The Kier molecular flexibility index (Phi) is 4.85. The van der Waals surface area contributed by atoms with Gasteiger partial charge in [-0.25, -0.2) is 0 Å². The molecule has 2 heterocycles. The predicted octanol–water partition coefficient (Wildman–Crippen LogP) is 3.29. The molecule has 8 heteroatoms. The van der Waals surface area contributed by atoms with Gasteiger partial charge in [-0.2, -0.15) is 0 Å². The van der Waals surface area contributed by atoms with Crippen LogP contribution in [0.15, 0.2) is 36.4 Å². The fraction of sp³-hybridized carbons (Fsp3) is 0.263. The molecule has 0 aromatic heterocycles. The minimum Gasteiger partial charge on any atom is -0.482 e. The summed E-state index contributed by atoms with van der Waals surface area (Å²) >= 11 is 12.2. The zero-order valence-corrected chi connectivity index (χ0v) is 15.9. The first-order valence-corrected chi connectivity index (χ1v) is 9.32. The maximum atomic E-state index is 12.8. The molecular formula is C19H17Cl2N3O3. The van der Waals surface area contributed by atoms with Crippen molar-refractivity contribution in [3.63, 3.8) is 0 Å². The van der Waals surface area contributed by atoms with Gasteiger partial charge in [-0.15, -0.1) is 0 Å². The number of carbonyl (C=O) groups excluding carboxylic acids is 2. The van der Waals surface area contributed by atoms with Crippen LogP contribution in [0.3, 0.4) is 0 Å². The van der Waals surface area contributed by atoms with Crippen LogP contribution in [0.1, 0.15) is 10.4 Å². The van der Waals surface area contributed by atoms with Gasteiger partial charge in [0.2, 0.25) is 0 Å². The van der Waals surface area contributed by atoms with Crippen LogP contribution in [-0.2, 0) is 4.79 Å². The molecule has 0 bridgehead atoms. The molecule has 0 radical (unpaired) electrons. The summed E-state index contributed by atoms with van der Waals surface area (Å²) in [5.41, 5.74) is 2.01. The number of amides is 2.